The van der Waals surface area contributed by atoms with Gasteiger partial charge in [-0.2, -0.15) is 0 Å². The van der Waals surface area contributed by atoms with E-state index in [9.17, 15) is 9.59 Å². The van der Waals surface area contributed by atoms with Crippen LogP contribution < -0.4 is 5.56 Å². The summed E-state index contributed by atoms with van der Waals surface area (Å²) in [7, 11) is 1.74. The summed E-state index contributed by atoms with van der Waals surface area (Å²) in [6, 6.07) is 27.3. The monoisotopic (exact) mass is 368 g/mol. The lowest BCUT2D eigenvalue weighted by atomic mass is 10.0. The van der Waals surface area contributed by atoms with E-state index in [2.05, 4.69) is 29.2 Å². The fourth-order valence-electron chi connectivity index (χ4n) is 3.31. The van der Waals surface area contributed by atoms with E-state index in [1.54, 1.807) is 24.1 Å². The molecule has 1 amide bonds. The van der Waals surface area contributed by atoms with Crippen LogP contribution in [0, 0.1) is 0 Å². The second-order valence-corrected chi connectivity index (χ2v) is 6.82. The van der Waals surface area contributed by atoms with Crippen LogP contribution in [0.3, 0.4) is 0 Å². The summed E-state index contributed by atoms with van der Waals surface area (Å²) >= 11 is 0. The molecular formula is C24H20N2O2. The summed E-state index contributed by atoms with van der Waals surface area (Å²) in [6.07, 6.45) is 0. The van der Waals surface area contributed by atoms with Crippen molar-refractivity contribution in [2.24, 2.45) is 0 Å². The summed E-state index contributed by atoms with van der Waals surface area (Å²) in [5.41, 5.74) is 3.37. The minimum absolute atomic E-state index is 0.213. The van der Waals surface area contributed by atoms with Gasteiger partial charge in [0.05, 0.1) is 0 Å². The molecule has 0 aliphatic heterocycles. The van der Waals surface area contributed by atoms with Crippen LogP contribution in [0.1, 0.15) is 16.1 Å². The van der Waals surface area contributed by atoms with Crippen molar-refractivity contribution in [3.8, 4) is 11.1 Å². The Morgan fingerprint density at radius 2 is 1.50 bits per heavy atom. The number of rotatable bonds is 4. The van der Waals surface area contributed by atoms with Crippen LogP contribution in [-0.2, 0) is 6.54 Å². The highest BCUT2D eigenvalue weighted by molar-refractivity contribution is 5.96. The Balaban J connectivity index is 1.53. The van der Waals surface area contributed by atoms with Gasteiger partial charge in [0, 0.05) is 19.0 Å². The molecule has 0 aliphatic carbocycles. The lowest BCUT2D eigenvalue weighted by molar-refractivity contribution is 0.0779. The number of nitrogens with zero attached hydrogens (tertiary/aromatic N) is 1. The topological polar surface area (TPSA) is 53.2 Å². The van der Waals surface area contributed by atoms with Crippen LogP contribution in [0.4, 0.5) is 0 Å². The van der Waals surface area contributed by atoms with E-state index in [0.29, 0.717) is 17.6 Å². The second-order valence-electron chi connectivity index (χ2n) is 6.82. The van der Waals surface area contributed by atoms with E-state index in [-0.39, 0.29) is 11.5 Å². The quantitative estimate of drug-likeness (QED) is 0.578. The number of benzene rings is 3. The number of hydrogen-bond donors (Lipinski definition) is 1. The van der Waals surface area contributed by atoms with Crippen LogP contribution in [0.25, 0.3) is 21.9 Å². The van der Waals surface area contributed by atoms with Crippen LogP contribution in [0.5, 0.6) is 0 Å². The van der Waals surface area contributed by atoms with Crippen LogP contribution in [-0.4, -0.2) is 22.8 Å². The molecule has 4 rings (SSSR count). The number of amides is 1. The van der Waals surface area contributed by atoms with Gasteiger partial charge in [0.2, 0.25) is 0 Å². The highest BCUT2D eigenvalue weighted by Gasteiger charge is 2.14. The fourth-order valence-corrected chi connectivity index (χ4v) is 3.31. The summed E-state index contributed by atoms with van der Waals surface area (Å²) in [5.74, 6) is -0.213. The van der Waals surface area contributed by atoms with Gasteiger partial charge in [-0.05, 0) is 34.2 Å². The largest absolute Gasteiger partial charge is 0.336 e. The molecule has 0 unspecified atom stereocenters. The van der Waals surface area contributed by atoms with E-state index in [0.717, 1.165) is 22.1 Å². The first-order valence-electron chi connectivity index (χ1n) is 9.14. The average Bonchev–Trinajstić information content (AvgIpc) is 2.74. The number of fused-ring (bicyclic) bond motifs is 1. The lowest BCUT2D eigenvalue weighted by Gasteiger charge is -2.17. The molecule has 0 aliphatic rings. The first kappa shape index (κ1) is 17.7. The first-order chi connectivity index (χ1) is 13.6. The van der Waals surface area contributed by atoms with E-state index in [1.807, 2.05) is 48.5 Å². The Bertz CT molecular complexity index is 1180. The van der Waals surface area contributed by atoms with E-state index in [4.69, 9.17) is 0 Å². The predicted molar refractivity (Wildman–Crippen MR) is 112 cm³/mol. The molecule has 0 saturated heterocycles. The SMILES string of the molecule is CN(Cc1ccc(-c2ccccc2)cc1)C(=O)c1cc2ccccc2c(=O)[nH]1. The van der Waals surface area contributed by atoms with Gasteiger partial charge in [0.15, 0.2) is 0 Å². The Hall–Kier alpha value is -3.66. The smallest absolute Gasteiger partial charge is 0.270 e. The molecule has 4 nitrogen and oxygen atoms in total. The minimum Gasteiger partial charge on any atom is -0.336 e. The second kappa shape index (κ2) is 7.53. The molecule has 1 N–H and O–H groups in total. The average molecular weight is 368 g/mol. The van der Waals surface area contributed by atoms with Crippen LogP contribution in [0.15, 0.2) is 89.7 Å². The molecule has 28 heavy (non-hydrogen) atoms. The number of aromatic nitrogens is 1. The van der Waals surface area contributed by atoms with Crippen molar-refractivity contribution < 1.29 is 4.79 Å². The van der Waals surface area contributed by atoms with Gasteiger partial charge >= 0.3 is 0 Å². The van der Waals surface area contributed by atoms with Crippen molar-refractivity contribution in [2.75, 3.05) is 7.05 Å². The predicted octanol–water partition coefficient (Wildman–Crippen LogP) is 4.47. The Morgan fingerprint density at radius 1 is 0.857 bits per heavy atom. The van der Waals surface area contributed by atoms with Gasteiger partial charge in [0.1, 0.15) is 5.69 Å². The zero-order valence-electron chi connectivity index (χ0n) is 15.6. The van der Waals surface area contributed by atoms with Crippen LogP contribution >= 0.6 is 0 Å². The highest BCUT2D eigenvalue weighted by atomic mass is 16.2. The van der Waals surface area contributed by atoms with Gasteiger partial charge in [-0.1, -0.05) is 72.8 Å². The molecule has 1 aromatic heterocycles. The van der Waals surface area contributed by atoms with E-state index in [1.165, 1.54) is 0 Å². The fraction of sp³-hybridized carbons (Fsp3) is 0.0833. The summed E-state index contributed by atoms with van der Waals surface area (Å²) in [5, 5.41) is 1.34. The molecule has 0 saturated carbocycles. The van der Waals surface area contributed by atoms with Gasteiger partial charge < -0.3 is 9.88 Å². The molecule has 4 aromatic rings. The Morgan fingerprint density at radius 3 is 2.25 bits per heavy atom. The van der Waals surface area contributed by atoms with Crippen molar-refractivity contribution in [2.45, 2.75) is 6.54 Å². The van der Waals surface area contributed by atoms with Crippen molar-refractivity contribution in [1.82, 2.24) is 9.88 Å². The third-order valence-electron chi connectivity index (χ3n) is 4.81. The van der Waals surface area contributed by atoms with E-state index >= 15 is 0 Å². The normalized spacial score (nSPS) is 10.8. The molecule has 0 bridgehead atoms. The van der Waals surface area contributed by atoms with Crippen molar-refractivity contribution in [3.05, 3.63) is 107 Å². The molecule has 4 heteroatoms. The third kappa shape index (κ3) is 3.58. The number of hydrogen-bond acceptors (Lipinski definition) is 2. The van der Waals surface area contributed by atoms with Gasteiger partial charge in [-0.15, -0.1) is 0 Å². The summed E-state index contributed by atoms with van der Waals surface area (Å²) in [6.45, 7) is 0.461. The molecule has 0 radical (unpaired) electrons. The molecule has 0 atom stereocenters. The van der Waals surface area contributed by atoms with Gasteiger partial charge in [-0.3, -0.25) is 9.59 Å². The molecule has 0 fully saturated rings. The molecule has 3 aromatic carbocycles. The zero-order valence-corrected chi connectivity index (χ0v) is 15.6. The molecule has 138 valence electrons. The number of carbonyl (C=O) groups is 1. The minimum atomic E-state index is -0.248. The standard InChI is InChI=1S/C24H20N2O2/c1-26(16-17-11-13-19(14-12-17)18-7-3-2-4-8-18)24(28)22-15-20-9-5-6-10-21(20)23(27)25-22/h2-15H,16H2,1H3,(H,25,27). The Kier molecular flexibility index (Phi) is 4.77. The zero-order chi connectivity index (χ0) is 19.5. The van der Waals surface area contributed by atoms with Gasteiger partial charge in [0.25, 0.3) is 11.5 Å². The van der Waals surface area contributed by atoms with Crippen molar-refractivity contribution in [3.63, 3.8) is 0 Å². The van der Waals surface area contributed by atoms with Crippen molar-refractivity contribution >= 4 is 16.7 Å². The number of aromatic amines is 1. The maximum atomic E-state index is 12.8. The maximum absolute atomic E-state index is 12.8. The first-order valence-corrected chi connectivity index (χ1v) is 9.14. The Labute approximate surface area is 163 Å². The molecular weight excluding hydrogens is 348 g/mol. The van der Waals surface area contributed by atoms with E-state index < -0.39 is 0 Å². The number of nitrogens with one attached hydrogen (secondary N) is 1. The lowest BCUT2D eigenvalue weighted by Crippen LogP contribution is -2.28. The molecule has 0 spiro atoms. The summed E-state index contributed by atoms with van der Waals surface area (Å²) in [4.78, 5) is 29.3. The number of carbonyl (C=O) groups excluding carboxylic acids is 1. The van der Waals surface area contributed by atoms with Gasteiger partial charge in [-0.25, -0.2) is 0 Å². The highest BCUT2D eigenvalue weighted by Crippen LogP contribution is 2.20. The summed E-state index contributed by atoms with van der Waals surface area (Å²) < 4.78 is 0. The number of pyridine rings is 1. The third-order valence-corrected chi connectivity index (χ3v) is 4.81. The van der Waals surface area contributed by atoms with Crippen LogP contribution in [0.2, 0.25) is 0 Å². The van der Waals surface area contributed by atoms with Crippen molar-refractivity contribution in [1.29, 1.82) is 0 Å². The molecule has 1 heterocycles. The number of H-pyrrole nitrogens is 1. The maximum Gasteiger partial charge on any atom is 0.270 e.